The van der Waals surface area contributed by atoms with E-state index in [0.29, 0.717) is 36.9 Å². The molecule has 2 aliphatic rings. The van der Waals surface area contributed by atoms with Crippen LogP contribution < -0.4 is 9.47 Å². The third-order valence-electron chi connectivity index (χ3n) is 12.7. The second-order valence-electron chi connectivity index (χ2n) is 15.8. The summed E-state index contributed by atoms with van der Waals surface area (Å²) < 4.78 is 23.1. The molecule has 2 saturated carbocycles. The van der Waals surface area contributed by atoms with Crippen LogP contribution in [0, 0.1) is 11.8 Å². The highest BCUT2D eigenvalue weighted by molar-refractivity contribution is 6.05. The van der Waals surface area contributed by atoms with Gasteiger partial charge in [0.2, 0.25) is 0 Å². The summed E-state index contributed by atoms with van der Waals surface area (Å²) in [6.45, 7) is 5.83. The van der Waals surface area contributed by atoms with Crippen molar-refractivity contribution >= 4 is 43.9 Å². The minimum Gasteiger partial charge on any atom is -0.497 e. The molecule has 0 bridgehead atoms. The Hall–Kier alpha value is -5.72. The molecule has 300 valence electrons. The Kier molecular flexibility index (Phi) is 10.9. The largest absolute Gasteiger partial charge is 0.497 e. The van der Waals surface area contributed by atoms with Crippen molar-refractivity contribution in [3.8, 4) is 11.5 Å². The molecule has 6 heterocycles. The maximum atomic E-state index is 6.32. The van der Waals surface area contributed by atoms with Crippen molar-refractivity contribution in [2.45, 2.75) is 89.6 Å². The number of nitrogens with one attached hydrogen (secondary N) is 4. The monoisotopic (exact) mass is 780 g/mol. The number of pyridine rings is 2. The van der Waals surface area contributed by atoms with Crippen LogP contribution in [-0.2, 0) is 22.7 Å². The fraction of sp³-hybridized carbons (Fsp3) is 0.391. The maximum Gasteiger partial charge on any atom is 0.159 e. The van der Waals surface area contributed by atoms with Gasteiger partial charge in [-0.15, -0.1) is 0 Å². The zero-order valence-electron chi connectivity index (χ0n) is 33.6. The Labute approximate surface area is 337 Å². The van der Waals surface area contributed by atoms with E-state index in [1.54, 1.807) is 14.2 Å². The van der Waals surface area contributed by atoms with Crippen molar-refractivity contribution in [1.29, 1.82) is 0 Å². The summed E-state index contributed by atoms with van der Waals surface area (Å²) in [5.74, 6) is 3.82. The number of nitrogens with zero attached hydrogens (tertiary/aromatic N) is 4. The first-order valence-electron chi connectivity index (χ1n) is 20.6. The molecule has 6 aromatic heterocycles. The molecule has 4 N–H and O–H groups in total. The quantitative estimate of drug-likeness (QED) is 0.0957. The normalized spacial score (nSPS) is 21.9. The number of hydrogen-bond acceptors (Lipinski definition) is 8. The van der Waals surface area contributed by atoms with Gasteiger partial charge in [0, 0.05) is 57.2 Å². The van der Waals surface area contributed by atoms with Crippen molar-refractivity contribution in [3.05, 3.63) is 108 Å². The molecule has 0 aliphatic heterocycles. The number of hydrogen-bond donors (Lipinski definition) is 4. The number of rotatable bonds is 12. The lowest BCUT2D eigenvalue weighted by atomic mass is 9.89. The summed E-state index contributed by atoms with van der Waals surface area (Å²) in [4.78, 5) is 17.6. The van der Waals surface area contributed by atoms with Crippen molar-refractivity contribution < 1.29 is 18.9 Å². The van der Waals surface area contributed by atoms with Gasteiger partial charge in [-0.1, -0.05) is 51.0 Å². The molecule has 0 spiro atoms. The van der Waals surface area contributed by atoms with Gasteiger partial charge in [0.1, 0.15) is 11.5 Å². The molecule has 10 rings (SSSR count). The van der Waals surface area contributed by atoms with E-state index in [1.807, 2.05) is 49.1 Å². The first-order chi connectivity index (χ1) is 28.5. The standard InChI is InChI=1S/2C23H26N4O2/c2*1-3-15-10-17(29-13-14-4-6-16(28-2)7-5-14)11-19(15)22-21-18-8-9-24-23(18)25-12-20(21)26-27-22/h2*4-9,12,15,17,19,26-27H,3,10-11,13H2,1-2H3/t2*15-,17+,19-/m10/s1. The SMILES string of the molecule is CC[C@@H]1C[C@H](OCc2ccc(OC)cc2)C[C@H]1c1[nH][nH]c2cnc3nccc3c12.CC[C@H]1C[C@@H](OCc2ccc(OC)cc2)C[C@@H]1c1[nH][nH]c2cnc3nccc3c12. The van der Waals surface area contributed by atoms with Crippen LogP contribution in [0.5, 0.6) is 11.5 Å². The molecule has 0 unspecified atom stereocenters. The van der Waals surface area contributed by atoms with Crippen molar-refractivity contribution in [1.82, 2.24) is 40.3 Å². The van der Waals surface area contributed by atoms with Gasteiger partial charge in [-0.2, -0.15) is 0 Å². The average molecular weight is 781 g/mol. The fourth-order valence-corrected chi connectivity index (χ4v) is 9.54. The van der Waals surface area contributed by atoms with Crippen molar-refractivity contribution in [2.75, 3.05) is 14.2 Å². The molecular weight excluding hydrogens is 729 g/mol. The number of aromatic amines is 4. The predicted molar refractivity (Wildman–Crippen MR) is 226 cm³/mol. The van der Waals surface area contributed by atoms with Gasteiger partial charge in [-0.25, -0.2) is 19.9 Å². The molecular formula is C46H52N8O4. The van der Waals surface area contributed by atoms with Crippen LogP contribution >= 0.6 is 0 Å². The molecule has 58 heavy (non-hydrogen) atoms. The minimum atomic E-state index is 0.264. The second-order valence-corrected chi connectivity index (χ2v) is 15.8. The number of methoxy groups -OCH3 is 2. The number of benzene rings is 2. The van der Waals surface area contributed by atoms with Gasteiger partial charge in [0.05, 0.1) is 63.1 Å². The molecule has 0 radical (unpaired) electrons. The topological polar surface area (TPSA) is 152 Å². The van der Waals surface area contributed by atoms with Crippen LogP contribution in [0.15, 0.2) is 85.5 Å². The Morgan fingerprint density at radius 1 is 0.534 bits per heavy atom. The molecule has 6 atom stereocenters. The molecule has 2 aromatic carbocycles. The van der Waals surface area contributed by atoms with Gasteiger partial charge in [-0.3, -0.25) is 10.2 Å². The smallest absolute Gasteiger partial charge is 0.159 e. The van der Waals surface area contributed by atoms with Crippen molar-refractivity contribution in [2.24, 2.45) is 11.8 Å². The highest BCUT2D eigenvalue weighted by Crippen LogP contribution is 2.46. The zero-order chi connectivity index (χ0) is 39.6. The third kappa shape index (κ3) is 7.42. The maximum absolute atomic E-state index is 6.32. The summed E-state index contributed by atoms with van der Waals surface area (Å²) in [5.41, 5.74) is 8.59. The van der Waals surface area contributed by atoms with Crippen molar-refractivity contribution in [3.63, 3.8) is 0 Å². The molecule has 2 aliphatic carbocycles. The van der Waals surface area contributed by atoms with Crippen LogP contribution in [0.3, 0.4) is 0 Å². The first-order valence-corrected chi connectivity index (χ1v) is 20.6. The zero-order valence-corrected chi connectivity index (χ0v) is 33.6. The predicted octanol–water partition coefficient (Wildman–Crippen LogP) is 9.87. The van der Waals surface area contributed by atoms with E-state index in [2.05, 4.69) is 90.6 Å². The number of fused-ring (bicyclic) bond motifs is 6. The highest BCUT2D eigenvalue weighted by Gasteiger charge is 2.38. The summed E-state index contributed by atoms with van der Waals surface area (Å²) in [7, 11) is 3.37. The molecule has 12 heteroatoms. The van der Waals surface area contributed by atoms with Gasteiger partial charge >= 0.3 is 0 Å². The van der Waals surface area contributed by atoms with E-state index < -0.39 is 0 Å². The van der Waals surface area contributed by atoms with E-state index in [0.717, 1.165) is 83.1 Å². The van der Waals surface area contributed by atoms with E-state index in [4.69, 9.17) is 18.9 Å². The Morgan fingerprint density at radius 2 is 0.966 bits per heavy atom. The van der Waals surface area contributed by atoms with Crippen LogP contribution in [0.4, 0.5) is 0 Å². The Balaban J connectivity index is 0.000000150. The molecule has 0 saturated heterocycles. The molecule has 2 fully saturated rings. The highest BCUT2D eigenvalue weighted by atomic mass is 16.5. The molecule has 0 amide bonds. The average Bonchev–Trinajstić information content (AvgIpc) is 4.13. The lowest BCUT2D eigenvalue weighted by molar-refractivity contribution is 0.0421. The Morgan fingerprint density at radius 3 is 1.36 bits per heavy atom. The van der Waals surface area contributed by atoms with Gasteiger partial charge in [-0.05, 0) is 85.0 Å². The lowest BCUT2D eigenvalue weighted by Gasteiger charge is -2.16. The summed E-state index contributed by atoms with van der Waals surface area (Å²) >= 11 is 0. The second kappa shape index (κ2) is 16.6. The molecule has 12 nitrogen and oxygen atoms in total. The third-order valence-corrected chi connectivity index (χ3v) is 12.7. The summed E-state index contributed by atoms with van der Waals surface area (Å²) in [6, 6.07) is 20.3. The summed E-state index contributed by atoms with van der Waals surface area (Å²) in [5, 5.41) is 18.2. The number of H-pyrrole nitrogens is 4. The van der Waals surface area contributed by atoms with Gasteiger partial charge in [0.15, 0.2) is 11.3 Å². The Bertz CT molecular complexity index is 2410. The first kappa shape index (κ1) is 37.8. The molecule has 8 aromatic rings. The number of aromatic nitrogens is 8. The van der Waals surface area contributed by atoms with E-state index in [9.17, 15) is 0 Å². The fourth-order valence-electron chi connectivity index (χ4n) is 9.54. The van der Waals surface area contributed by atoms with Gasteiger partial charge < -0.3 is 29.1 Å². The van der Waals surface area contributed by atoms with E-state index >= 15 is 0 Å². The van der Waals surface area contributed by atoms with Crippen LogP contribution in [0.25, 0.3) is 43.9 Å². The minimum absolute atomic E-state index is 0.264. The van der Waals surface area contributed by atoms with Crippen LogP contribution in [-0.4, -0.2) is 66.8 Å². The van der Waals surface area contributed by atoms with Crippen LogP contribution in [0.2, 0.25) is 0 Å². The summed E-state index contributed by atoms with van der Waals surface area (Å²) in [6.07, 6.45) is 14.4. The number of ether oxygens (including phenoxy) is 4. The van der Waals surface area contributed by atoms with E-state index in [1.165, 1.54) is 33.3 Å². The van der Waals surface area contributed by atoms with Gasteiger partial charge in [0.25, 0.3) is 0 Å². The lowest BCUT2D eigenvalue weighted by Crippen LogP contribution is -2.08. The van der Waals surface area contributed by atoms with E-state index in [-0.39, 0.29) is 12.2 Å². The van der Waals surface area contributed by atoms with Crippen LogP contribution in [0.1, 0.15) is 86.7 Å².